The lowest BCUT2D eigenvalue weighted by atomic mass is 9.95. The van der Waals surface area contributed by atoms with E-state index in [-0.39, 0.29) is 6.10 Å². The van der Waals surface area contributed by atoms with Gasteiger partial charge in [0.15, 0.2) is 0 Å². The molecule has 1 aliphatic rings. The summed E-state index contributed by atoms with van der Waals surface area (Å²) in [5, 5.41) is 9.77. The third-order valence-electron chi connectivity index (χ3n) is 2.94. The first-order valence-corrected chi connectivity index (χ1v) is 5.30. The number of aryl methyl sites for hydroxylation is 1. The van der Waals surface area contributed by atoms with Gasteiger partial charge in [-0.2, -0.15) is 0 Å². The summed E-state index contributed by atoms with van der Waals surface area (Å²) in [6, 6.07) is 2.06. The zero-order chi connectivity index (χ0) is 9.97. The van der Waals surface area contributed by atoms with Gasteiger partial charge in [0, 0.05) is 24.0 Å². The lowest BCUT2D eigenvalue weighted by Crippen LogP contribution is -2.11. The molecule has 14 heavy (non-hydrogen) atoms. The second kappa shape index (κ2) is 4.01. The Morgan fingerprint density at radius 2 is 2.50 bits per heavy atom. The molecule has 2 nitrogen and oxygen atoms in total. The number of aromatic nitrogens is 1. The maximum atomic E-state index is 9.77. The SMILES string of the molecule is C=CCCn1ccc2c1CCCC2O. The zero-order valence-electron chi connectivity index (χ0n) is 8.45. The lowest BCUT2D eigenvalue weighted by Gasteiger charge is -2.19. The quantitative estimate of drug-likeness (QED) is 0.729. The monoisotopic (exact) mass is 191 g/mol. The van der Waals surface area contributed by atoms with E-state index < -0.39 is 0 Å². The molecule has 0 bridgehead atoms. The van der Waals surface area contributed by atoms with Crippen molar-refractivity contribution >= 4 is 0 Å². The van der Waals surface area contributed by atoms with Crippen LogP contribution in [0.2, 0.25) is 0 Å². The van der Waals surface area contributed by atoms with Crippen LogP contribution >= 0.6 is 0 Å². The summed E-state index contributed by atoms with van der Waals surface area (Å²) < 4.78 is 2.25. The number of aliphatic hydroxyl groups excluding tert-OH is 1. The van der Waals surface area contributed by atoms with Crippen molar-refractivity contribution < 1.29 is 5.11 Å². The molecule has 76 valence electrons. The van der Waals surface area contributed by atoms with Crippen molar-refractivity contribution in [1.82, 2.24) is 4.57 Å². The Bertz CT molecular complexity index is 327. The van der Waals surface area contributed by atoms with E-state index in [0.29, 0.717) is 0 Å². The number of hydrogen-bond acceptors (Lipinski definition) is 1. The van der Waals surface area contributed by atoms with Gasteiger partial charge in [0.05, 0.1) is 6.10 Å². The summed E-state index contributed by atoms with van der Waals surface area (Å²) in [5.41, 5.74) is 2.46. The Labute approximate surface area is 84.9 Å². The Hall–Kier alpha value is -1.02. The molecule has 0 saturated heterocycles. The molecule has 0 fully saturated rings. The molecule has 0 radical (unpaired) electrons. The number of aliphatic hydroxyl groups is 1. The smallest absolute Gasteiger partial charge is 0.0807 e. The fourth-order valence-electron chi connectivity index (χ4n) is 2.17. The maximum absolute atomic E-state index is 9.77. The van der Waals surface area contributed by atoms with Gasteiger partial charge >= 0.3 is 0 Å². The van der Waals surface area contributed by atoms with E-state index in [1.54, 1.807) is 0 Å². The molecular weight excluding hydrogens is 174 g/mol. The average molecular weight is 191 g/mol. The number of nitrogens with zero attached hydrogens (tertiary/aromatic N) is 1. The number of hydrogen-bond donors (Lipinski definition) is 1. The summed E-state index contributed by atoms with van der Waals surface area (Å²) in [6.07, 6.45) is 7.91. The first kappa shape index (κ1) is 9.53. The summed E-state index contributed by atoms with van der Waals surface area (Å²) in [7, 11) is 0. The molecule has 2 rings (SSSR count). The van der Waals surface area contributed by atoms with Crippen molar-refractivity contribution in [2.45, 2.75) is 38.3 Å². The van der Waals surface area contributed by atoms with Gasteiger partial charge in [-0.1, -0.05) is 6.08 Å². The molecule has 2 heteroatoms. The first-order valence-electron chi connectivity index (χ1n) is 5.30. The van der Waals surface area contributed by atoms with Crippen LogP contribution in [0.4, 0.5) is 0 Å². The fourth-order valence-corrected chi connectivity index (χ4v) is 2.17. The van der Waals surface area contributed by atoms with Crippen molar-refractivity contribution in [3.8, 4) is 0 Å². The molecule has 1 aromatic heterocycles. The number of allylic oxidation sites excluding steroid dienone is 1. The molecule has 0 aromatic carbocycles. The van der Waals surface area contributed by atoms with Crippen LogP contribution in [0, 0.1) is 0 Å². The molecule has 0 saturated carbocycles. The highest BCUT2D eigenvalue weighted by atomic mass is 16.3. The molecular formula is C12H17NO. The van der Waals surface area contributed by atoms with Gasteiger partial charge in [-0.25, -0.2) is 0 Å². The second-order valence-electron chi connectivity index (χ2n) is 3.90. The van der Waals surface area contributed by atoms with Crippen molar-refractivity contribution in [3.63, 3.8) is 0 Å². The van der Waals surface area contributed by atoms with Crippen molar-refractivity contribution in [1.29, 1.82) is 0 Å². The zero-order valence-corrected chi connectivity index (χ0v) is 8.45. The van der Waals surface area contributed by atoms with Gasteiger partial charge in [-0.05, 0) is 31.7 Å². The predicted octanol–water partition coefficient (Wildman–Crippen LogP) is 2.43. The van der Waals surface area contributed by atoms with E-state index in [2.05, 4.69) is 23.4 Å². The minimum absolute atomic E-state index is 0.233. The lowest BCUT2D eigenvalue weighted by molar-refractivity contribution is 0.155. The topological polar surface area (TPSA) is 25.2 Å². The number of rotatable bonds is 3. The fraction of sp³-hybridized carbons (Fsp3) is 0.500. The highest BCUT2D eigenvalue weighted by molar-refractivity contribution is 5.27. The normalized spacial score (nSPS) is 20.5. The van der Waals surface area contributed by atoms with Gasteiger partial charge in [-0.15, -0.1) is 6.58 Å². The van der Waals surface area contributed by atoms with Crippen molar-refractivity contribution in [2.24, 2.45) is 0 Å². The van der Waals surface area contributed by atoms with Crippen LogP contribution in [0.3, 0.4) is 0 Å². The molecule has 0 aliphatic heterocycles. The highest BCUT2D eigenvalue weighted by Crippen LogP contribution is 2.30. The summed E-state index contributed by atoms with van der Waals surface area (Å²) in [6.45, 7) is 4.72. The van der Waals surface area contributed by atoms with Gasteiger partial charge in [0.25, 0.3) is 0 Å². The van der Waals surface area contributed by atoms with E-state index in [1.165, 1.54) is 5.69 Å². The van der Waals surface area contributed by atoms with Crippen molar-refractivity contribution in [3.05, 3.63) is 36.2 Å². The van der Waals surface area contributed by atoms with Crippen LogP contribution in [0.15, 0.2) is 24.9 Å². The maximum Gasteiger partial charge on any atom is 0.0807 e. The largest absolute Gasteiger partial charge is 0.388 e. The van der Waals surface area contributed by atoms with Crippen LogP contribution in [0.25, 0.3) is 0 Å². The predicted molar refractivity (Wildman–Crippen MR) is 57.1 cm³/mol. The van der Waals surface area contributed by atoms with Crippen LogP contribution in [-0.2, 0) is 13.0 Å². The Morgan fingerprint density at radius 1 is 1.64 bits per heavy atom. The Kier molecular flexibility index (Phi) is 2.73. The van der Waals surface area contributed by atoms with Crippen LogP contribution in [0.1, 0.15) is 36.6 Å². The Morgan fingerprint density at radius 3 is 3.29 bits per heavy atom. The minimum atomic E-state index is -0.233. The molecule has 1 aromatic rings. The van der Waals surface area contributed by atoms with Gasteiger partial charge in [0.1, 0.15) is 0 Å². The number of fused-ring (bicyclic) bond motifs is 1. The summed E-state index contributed by atoms with van der Waals surface area (Å²) in [5.74, 6) is 0. The van der Waals surface area contributed by atoms with E-state index >= 15 is 0 Å². The Balaban J connectivity index is 2.22. The minimum Gasteiger partial charge on any atom is -0.388 e. The second-order valence-corrected chi connectivity index (χ2v) is 3.90. The highest BCUT2D eigenvalue weighted by Gasteiger charge is 2.20. The van der Waals surface area contributed by atoms with Gasteiger partial charge in [0.2, 0.25) is 0 Å². The molecule has 0 amide bonds. The molecule has 1 heterocycles. The summed E-state index contributed by atoms with van der Waals surface area (Å²) >= 11 is 0. The van der Waals surface area contributed by atoms with Crippen LogP contribution in [-0.4, -0.2) is 9.67 Å². The average Bonchev–Trinajstić information content (AvgIpc) is 2.60. The molecule has 1 unspecified atom stereocenters. The van der Waals surface area contributed by atoms with E-state index in [4.69, 9.17) is 0 Å². The molecule has 1 atom stereocenters. The third kappa shape index (κ3) is 1.62. The summed E-state index contributed by atoms with van der Waals surface area (Å²) in [4.78, 5) is 0. The van der Waals surface area contributed by atoms with Gasteiger partial charge < -0.3 is 9.67 Å². The van der Waals surface area contributed by atoms with E-state index in [1.807, 2.05) is 6.08 Å². The van der Waals surface area contributed by atoms with Crippen LogP contribution < -0.4 is 0 Å². The van der Waals surface area contributed by atoms with E-state index in [0.717, 1.165) is 37.8 Å². The van der Waals surface area contributed by atoms with Gasteiger partial charge in [-0.3, -0.25) is 0 Å². The third-order valence-corrected chi connectivity index (χ3v) is 2.94. The molecule has 0 spiro atoms. The van der Waals surface area contributed by atoms with Crippen LogP contribution in [0.5, 0.6) is 0 Å². The van der Waals surface area contributed by atoms with Crippen molar-refractivity contribution in [2.75, 3.05) is 0 Å². The first-order chi connectivity index (χ1) is 6.83. The van der Waals surface area contributed by atoms with E-state index in [9.17, 15) is 5.11 Å². The standard InChI is InChI=1S/C12H17NO/c1-2-3-8-13-9-7-10-11(13)5-4-6-12(10)14/h2,7,9,12,14H,1,3-6,8H2. The molecule has 1 N–H and O–H groups in total. The molecule has 1 aliphatic carbocycles.